The number of nitrogens with zero attached hydrogens (tertiary/aromatic N) is 3. The molecule has 0 radical (unpaired) electrons. The van der Waals surface area contributed by atoms with Crippen LogP contribution in [0.15, 0.2) is 30.3 Å². The summed E-state index contributed by atoms with van der Waals surface area (Å²) in [5, 5.41) is 4.82. The van der Waals surface area contributed by atoms with Crippen LogP contribution in [0.4, 0.5) is 0 Å². The van der Waals surface area contributed by atoms with Gasteiger partial charge >= 0.3 is 0 Å². The van der Waals surface area contributed by atoms with Crippen molar-refractivity contribution in [3.05, 3.63) is 52.8 Å². The number of ether oxygens (including phenoxy) is 1. The third-order valence-corrected chi connectivity index (χ3v) is 7.11. The molecule has 4 rings (SSSR count). The van der Waals surface area contributed by atoms with Crippen molar-refractivity contribution >= 4 is 10.0 Å². The van der Waals surface area contributed by atoms with E-state index in [9.17, 15) is 8.42 Å². The second kappa shape index (κ2) is 8.95. The van der Waals surface area contributed by atoms with Crippen LogP contribution in [0.25, 0.3) is 0 Å². The number of aromatic nitrogens is 2. The molecule has 2 aromatic rings. The zero-order chi connectivity index (χ0) is 20.3. The second-order valence-corrected chi connectivity index (χ2v) is 9.68. The van der Waals surface area contributed by atoms with Crippen LogP contribution >= 0.6 is 0 Å². The molecule has 3 heterocycles. The number of fused-ring (bicyclic) bond motifs is 1. The smallest absolute Gasteiger partial charge is 0.216 e. The standard InChI is InChI=1S/C21H30N4O3S/c1-2-25-21-10-12-28-15-19(21)20(22-25)14-24-11-6-9-18(13-24)23-29(26,27)16-17-7-4-3-5-8-17/h3-5,7-8,18,23H,2,6,9-16H2,1H3. The highest BCUT2D eigenvalue weighted by Gasteiger charge is 2.27. The Balaban J connectivity index is 1.39. The lowest BCUT2D eigenvalue weighted by Gasteiger charge is -2.32. The summed E-state index contributed by atoms with van der Waals surface area (Å²) in [7, 11) is -3.36. The second-order valence-electron chi connectivity index (χ2n) is 7.93. The van der Waals surface area contributed by atoms with E-state index in [4.69, 9.17) is 9.84 Å². The molecule has 7 nitrogen and oxygen atoms in total. The van der Waals surface area contributed by atoms with E-state index in [1.165, 1.54) is 11.3 Å². The van der Waals surface area contributed by atoms with Gasteiger partial charge in [0.1, 0.15) is 0 Å². The maximum atomic E-state index is 12.6. The minimum atomic E-state index is -3.36. The van der Waals surface area contributed by atoms with Crippen molar-refractivity contribution in [3.63, 3.8) is 0 Å². The quantitative estimate of drug-likeness (QED) is 0.745. The molecule has 2 aliphatic rings. The third kappa shape index (κ3) is 5.06. The van der Waals surface area contributed by atoms with Crippen molar-refractivity contribution in [2.24, 2.45) is 0 Å². The van der Waals surface area contributed by atoms with Gasteiger partial charge in [0.25, 0.3) is 0 Å². The van der Waals surface area contributed by atoms with Gasteiger partial charge in [0.15, 0.2) is 0 Å². The van der Waals surface area contributed by atoms with Gasteiger partial charge in [-0.3, -0.25) is 9.58 Å². The maximum absolute atomic E-state index is 12.6. The van der Waals surface area contributed by atoms with Crippen LogP contribution in [0, 0.1) is 0 Å². The molecular formula is C21H30N4O3S. The first-order chi connectivity index (χ1) is 14.0. The molecule has 1 aromatic heterocycles. The number of hydrogen-bond donors (Lipinski definition) is 1. The van der Waals surface area contributed by atoms with Gasteiger partial charge < -0.3 is 4.74 Å². The third-order valence-electron chi connectivity index (χ3n) is 5.70. The van der Waals surface area contributed by atoms with Crippen LogP contribution in [-0.4, -0.2) is 48.8 Å². The van der Waals surface area contributed by atoms with E-state index in [1.54, 1.807) is 0 Å². The van der Waals surface area contributed by atoms with Gasteiger partial charge in [-0.05, 0) is 31.9 Å². The lowest BCUT2D eigenvalue weighted by molar-refractivity contribution is 0.107. The lowest BCUT2D eigenvalue weighted by Crippen LogP contribution is -2.47. The molecule has 1 aromatic carbocycles. The molecule has 1 N–H and O–H groups in total. The molecule has 158 valence electrons. The fourth-order valence-electron chi connectivity index (χ4n) is 4.36. The highest BCUT2D eigenvalue weighted by Crippen LogP contribution is 2.23. The number of benzene rings is 1. The Hall–Kier alpha value is -1.74. The molecular weight excluding hydrogens is 388 g/mol. The summed E-state index contributed by atoms with van der Waals surface area (Å²) in [6.07, 6.45) is 2.76. The van der Waals surface area contributed by atoms with Gasteiger partial charge in [-0.1, -0.05) is 30.3 Å². The summed E-state index contributed by atoms with van der Waals surface area (Å²) < 4.78 is 35.9. The highest BCUT2D eigenvalue weighted by atomic mass is 32.2. The van der Waals surface area contributed by atoms with E-state index in [0.29, 0.717) is 13.2 Å². The van der Waals surface area contributed by atoms with Gasteiger partial charge in [-0.15, -0.1) is 0 Å². The average molecular weight is 419 g/mol. The summed E-state index contributed by atoms with van der Waals surface area (Å²) >= 11 is 0. The summed E-state index contributed by atoms with van der Waals surface area (Å²) in [6.45, 7) is 6.79. The number of piperidine rings is 1. The summed E-state index contributed by atoms with van der Waals surface area (Å²) in [5.41, 5.74) is 4.41. The van der Waals surface area contributed by atoms with E-state index >= 15 is 0 Å². The first-order valence-corrected chi connectivity index (χ1v) is 12.1. The molecule has 0 spiro atoms. The van der Waals surface area contributed by atoms with Crippen LogP contribution in [0.2, 0.25) is 0 Å². The van der Waals surface area contributed by atoms with Crippen LogP contribution in [0.3, 0.4) is 0 Å². The molecule has 1 unspecified atom stereocenters. The molecule has 8 heteroatoms. The minimum absolute atomic E-state index is 0.0239. The average Bonchev–Trinajstić information content (AvgIpc) is 3.06. The fourth-order valence-corrected chi connectivity index (χ4v) is 5.78. The Bertz CT molecular complexity index is 927. The monoisotopic (exact) mass is 418 g/mol. The van der Waals surface area contributed by atoms with Crippen LogP contribution in [-0.2, 0) is 46.6 Å². The molecule has 0 bridgehead atoms. The largest absolute Gasteiger partial charge is 0.376 e. The SMILES string of the molecule is CCn1nc(CN2CCCC(NS(=O)(=O)Cc3ccccc3)C2)c2c1CCOC2. The predicted molar refractivity (Wildman–Crippen MR) is 112 cm³/mol. The Morgan fingerprint density at radius 1 is 1.28 bits per heavy atom. The van der Waals surface area contributed by atoms with E-state index in [2.05, 4.69) is 21.2 Å². The van der Waals surface area contributed by atoms with Crippen molar-refractivity contribution in [1.29, 1.82) is 0 Å². The summed E-state index contributed by atoms with van der Waals surface area (Å²) in [6, 6.07) is 9.27. The highest BCUT2D eigenvalue weighted by molar-refractivity contribution is 7.88. The number of nitrogens with one attached hydrogen (secondary N) is 1. The van der Waals surface area contributed by atoms with Gasteiger partial charge in [0.2, 0.25) is 10.0 Å². The molecule has 2 aliphatic heterocycles. The number of rotatable bonds is 7. The number of sulfonamides is 1. The molecule has 0 saturated carbocycles. The van der Waals surface area contributed by atoms with Crippen LogP contribution in [0.5, 0.6) is 0 Å². The molecule has 0 aliphatic carbocycles. The van der Waals surface area contributed by atoms with Gasteiger partial charge in [0.05, 0.1) is 24.7 Å². The molecule has 1 atom stereocenters. The Kier molecular flexibility index (Phi) is 6.34. The zero-order valence-corrected chi connectivity index (χ0v) is 17.8. The van der Waals surface area contributed by atoms with Crippen molar-refractivity contribution in [2.45, 2.75) is 57.7 Å². The van der Waals surface area contributed by atoms with Crippen molar-refractivity contribution in [3.8, 4) is 0 Å². The Labute approximate surface area is 173 Å². The first-order valence-electron chi connectivity index (χ1n) is 10.5. The topological polar surface area (TPSA) is 76.5 Å². The zero-order valence-electron chi connectivity index (χ0n) is 17.0. The first kappa shape index (κ1) is 20.5. The number of aryl methyl sites for hydroxylation is 1. The van der Waals surface area contributed by atoms with E-state index in [0.717, 1.165) is 56.8 Å². The van der Waals surface area contributed by atoms with Crippen LogP contribution in [0.1, 0.15) is 42.3 Å². The van der Waals surface area contributed by atoms with Gasteiger partial charge in [-0.2, -0.15) is 5.10 Å². The maximum Gasteiger partial charge on any atom is 0.216 e. The van der Waals surface area contributed by atoms with Crippen molar-refractivity contribution in [2.75, 3.05) is 19.7 Å². The van der Waals surface area contributed by atoms with E-state index in [1.807, 2.05) is 30.3 Å². The Morgan fingerprint density at radius 2 is 2.10 bits per heavy atom. The van der Waals surface area contributed by atoms with Crippen molar-refractivity contribution in [1.82, 2.24) is 19.4 Å². The number of hydrogen-bond acceptors (Lipinski definition) is 5. The number of likely N-dealkylation sites (tertiary alicyclic amines) is 1. The summed E-state index contributed by atoms with van der Waals surface area (Å²) in [5.74, 6) is 0.0239. The van der Waals surface area contributed by atoms with Crippen molar-refractivity contribution < 1.29 is 13.2 Å². The van der Waals surface area contributed by atoms with E-state index in [-0.39, 0.29) is 11.8 Å². The molecule has 29 heavy (non-hydrogen) atoms. The Morgan fingerprint density at radius 3 is 2.90 bits per heavy atom. The molecule has 1 saturated heterocycles. The normalized spacial score (nSPS) is 20.5. The van der Waals surface area contributed by atoms with Gasteiger partial charge in [0, 0.05) is 43.4 Å². The fraction of sp³-hybridized carbons (Fsp3) is 0.571. The summed E-state index contributed by atoms with van der Waals surface area (Å²) in [4.78, 5) is 2.32. The van der Waals surface area contributed by atoms with Crippen LogP contribution < -0.4 is 4.72 Å². The molecule has 0 amide bonds. The predicted octanol–water partition coefficient (Wildman–Crippen LogP) is 2.06. The minimum Gasteiger partial charge on any atom is -0.376 e. The molecule has 1 fully saturated rings. The van der Waals surface area contributed by atoms with Gasteiger partial charge in [-0.25, -0.2) is 13.1 Å². The lowest BCUT2D eigenvalue weighted by atomic mass is 10.0. The van der Waals surface area contributed by atoms with E-state index < -0.39 is 10.0 Å².